The molecule has 4 rings (SSSR count). The lowest BCUT2D eigenvalue weighted by Crippen LogP contribution is -2.23. The number of fused-ring (bicyclic) bond motifs is 2. The van der Waals surface area contributed by atoms with E-state index in [9.17, 15) is 4.79 Å². The maximum atomic E-state index is 11.3. The summed E-state index contributed by atoms with van der Waals surface area (Å²) in [7, 11) is 0. The second-order valence-electron chi connectivity index (χ2n) is 6.08. The van der Waals surface area contributed by atoms with Crippen molar-refractivity contribution in [3.05, 3.63) is 64.3 Å². The molecule has 27 heavy (non-hydrogen) atoms. The minimum absolute atomic E-state index is 0.431. The van der Waals surface area contributed by atoms with E-state index >= 15 is 0 Å². The number of benzene rings is 2. The quantitative estimate of drug-likeness (QED) is 0.489. The third-order valence-electron chi connectivity index (χ3n) is 4.30. The summed E-state index contributed by atoms with van der Waals surface area (Å²) in [6, 6.07) is 12.9. The zero-order valence-electron chi connectivity index (χ0n) is 14.5. The molecule has 0 aliphatic rings. The van der Waals surface area contributed by atoms with Gasteiger partial charge in [-0.15, -0.1) is 0 Å². The van der Waals surface area contributed by atoms with Crippen molar-refractivity contribution in [1.82, 2.24) is 10.3 Å². The van der Waals surface area contributed by atoms with Gasteiger partial charge in [-0.25, -0.2) is 4.79 Å². The Morgan fingerprint density at radius 2 is 2.15 bits per heavy atom. The number of H-pyrrole nitrogens is 1. The van der Waals surface area contributed by atoms with Gasteiger partial charge < -0.3 is 18.9 Å². The van der Waals surface area contributed by atoms with Crippen molar-refractivity contribution in [3.8, 4) is 11.8 Å². The average Bonchev–Trinajstić information content (AvgIpc) is 3.26. The summed E-state index contributed by atoms with van der Waals surface area (Å²) in [5, 5.41) is 13.3. The van der Waals surface area contributed by atoms with Crippen molar-refractivity contribution in [2.45, 2.75) is 6.42 Å². The predicted molar refractivity (Wildman–Crippen MR) is 99.8 cm³/mol. The summed E-state index contributed by atoms with van der Waals surface area (Å²) in [5.41, 5.74) is 3.52. The lowest BCUT2D eigenvalue weighted by atomic mass is 10.1. The van der Waals surface area contributed by atoms with Gasteiger partial charge in [-0.3, -0.25) is 4.98 Å². The summed E-state index contributed by atoms with van der Waals surface area (Å²) in [5.74, 6) is 0.0450. The molecule has 0 radical (unpaired) electrons. The normalized spacial score (nSPS) is 11.1. The topological polar surface area (TPSA) is 104 Å². The number of ether oxygens (including phenoxy) is 1. The molecule has 2 heterocycles. The summed E-state index contributed by atoms with van der Waals surface area (Å²) < 4.78 is 16.3. The Morgan fingerprint density at radius 1 is 1.22 bits per heavy atom. The van der Waals surface area contributed by atoms with E-state index < -0.39 is 5.76 Å². The van der Waals surface area contributed by atoms with Crippen LogP contribution in [0.3, 0.4) is 0 Å². The number of nitriles is 1. The molecular weight excluding hydrogens is 346 g/mol. The Hall–Kier alpha value is -3.50. The fourth-order valence-corrected chi connectivity index (χ4v) is 2.99. The maximum absolute atomic E-state index is 11.3. The molecule has 0 aliphatic carbocycles. The zero-order chi connectivity index (χ0) is 18.6. The lowest BCUT2D eigenvalue weighted by Gasteiger charge is -2.07. The maximum Gasteiger partial charge on any atom is 0.417 e. The molecule has 4 aromatic rings. The van der Waals surface area contributed by atoms with Gasteiger partial charge >= 0.3 is 5.76 Å². The zero-order valence-corrected chi connectivity index (χ0v) is 14.5. The molecule has 0 spiro atoms. The van der Waals surface area contributed by atoms with Gasteiger partial charge in [0.25, 0.3) is 0 Å². The van der Waals surface area contributed by atoms with Crippen LogP contribution in [0.5, 0.6) is 5.75 Å². The van der Waals surface area contributed by atoms with Crippen LogP contribution in [0.15, 0.2) is 56.3 Å². The van der Waals surface area contributed by atoms with Crippen molar-refractivity contribution in [1.29, 1.82) is 5.26 Å². The summed E-state index contributed by atoms with van der Waals surface area (Å²) in [6.07, 6.45) is 2.52. The van der Waals surface area contributed by atoms with Crippen LogP contribution in [0.1, 0.15) is 11.1 Å². The molecule has 2 N–H and O–H groups in total. The monoisotopic (exact) mass is 363 g/mol. The van der Waals surface area contributed by atoms with Gasteiger partial charge in [0.1, 0.15) is 12.2 Å². The number of hydrogen-bond acceptors (Lipinski definition) is 6. The highest BCUT2D eigenvalue weighted by Crippen LogP contribution is 2.23. The smallest absolute Gasteiger partial charge is 0.417 e. The molecule has 0 bridgehead atoms. The van der Waals surface area contributed by atoms with Crippen LogP contribution in [0.2, 0.25) is 0 Å². The molecule has 7 heteroatoms. The van der Waals surface area contributed by atoms with Gasteiger partial charge in [-0.2, -0.15) is 5.26 Å². The van der Waals surface area contributed by atoms with Gasteiger partial charge in [0.05, 0.1) is 23.4 Å². The van der Waals surface area contributed by atoms with E-state index in [1.54, 1.807) is 30.5 Å². The van der Waals surface area contributed by atoms with Crippen molar-refractivity contribution >= 4 is 22.1 Å². The number of nitrogens with one attached hydrogen (secondary N) is 2. The first kappa shape index (κ1) is 16.9. The number of aromatic amines is 1. The van der Waals surface area contributed by atoms with Crippen molar-refractivity contribution in [2.24, 2.45) is 0 Å². The van der Waals surface area contributed by atoms with E-state index in [1.807, 2.05) is 12.1 Å². The van der Waals surface area contributed by atoms with Crippen LogP contribution in [-0.4, -0.2) is 24.7 Å². The van der Waals surface area contributed by atoms with Crippen LogP contribution >= 0.6 is 0 Å². The third kappa shape index (κ3) is 3.57. The highest BCUT2D eigenvalue weighted by molar-refractivity contribution is 5.82. The predicted octanol–water partition coefficient (Wildman–Crippen LogP) is 2.95. The van der Waals surface area contributed by atoms with Gasteiger partial charge in [-0.05, 0) is 48.9 Å². The average molecular weight is 363 g/mol. The standard InChI is InChI=1S/C20H17N3O4/c21-11-13-4-5-17-15(10-13)14(12-26-17)6-7-22-8-9-25-18-3-1-2-16-19(18)27-20(24)23-16/h1-5,10,12,22H,6-9H2,(H,23,24). The largest absolute Gasteiger partial charge is 0.488 e. The summed E-state index contributed by atoms with van der Waals surface area (Å²) in [6.45, 7) is 1.83. The van der Waals surface area contributed by atoms with Crippen LogP contribution < -0.4 is 15.8 Å². The van der Waals surface area contributed by atoms with E-state index in [4.69, 9.17) is 18.8 Å². The molecule has 136 valence electrons. The Balaban J connectivity index is 1.28. The number of rotatable bonds is 7. The third-order valence-corrected chi connectivity index (χ3v) is 4.30. The molecule has 0 unspecified atom stereocenters. The highest BCUT2D eigenvalue weighted by atomic mass is 16.5. The number of oxazole rings is 1. The molecule has 0 atom stereocenters. The first-order valence-electron chi connectivity index (χ1n) is 8.60. The van der Waals surface area contributed by atoms with Gasteiger partial charge in [0.2, 0.25) is 0 Å². The minimum atomic E-state index is -0.494. The molecule has 7 nitrogen and oxygen atoms in total. The number of nitrogens with zero attached hydrogens (tertiary/aromatic N) is 1. The Morgan fingerprint density at radius 3 is 3.04 bits per heavy atom. The van der Waals surface area contributed by atoms with Crippen LogP contribution in [-0.2, 0) is 6.42 Å². The second-order valence-corrected chi connectivity index (χ2v) is 6.08. The Labute approximate surface area is 154 Å². The fraction of sp³-hybridized carbons (Fsp3) is 0.200. The molecular formula is C20H17N3O4. The van der Waals surface area contributed by atoms with Crippen LogP contribution in [0, 0.1) is 11.3 Å². The first-order valence-corrected chi connectivity index (χ1v) is 8.60. The van der Waals surface area contributed by atoms with Crippen LogP contribution in [0.4, 0.5) is 0 Å². The summed E-state index contributed by atoms with van der Waals surface area (Å²) >= 11 is 0. The van der Waals surface area contributed by atoms with Crippen molar-refractivity contribution in [3.63, 3.8) is 0 Å². The number of furan rings is 1. The highest BCUT2D eigenvalue weighted by Gasteiger charge is 2.08. The van der Waals surface area contributed by atoms with E-state index in [0.29, 0.717) is 35.6 Å². The molecule has 0 amide bonds. The minimum Gasteiger partial charge on any atom is -0.488 e. The van der Waals surface area contributed by atoms with E-state index in [0.717, 1.165) is 29.5 Å². The molecule has 0 aliphatic heterocycles. The second kappa shape index (κ2) is 7.40. The van der Waals surface area contributed by atoms with E-state index in [1.165, 1.54) is 0 Å². The van der Waals surface area contributed by atoms with Gasteiger partial charge in [0.15, 0.2) is 11.3 Å². The molecule has 0 fully saturated rings. The molecule has 2 aromatic carbocycles. The SMILES string of the molecule is N#Cc1ccc2occ(CCNCCOc3cccc4[nH]c(=O)oc34)c2c1. The number of para-hydroxylation sites is 1. The number of aromatic nitrogens is 1. The first-order chi connectivity index (χ1) is 13.2. The molecule has 0 saturated carbocycles. The van der Waals surface area contributed by atoms with Gasteiger partial charge in [0, 0.05) is 11.9 Å². The van der Waals surface area contributed by atoms with Gasteiger partial charge in [-0.1, -0.05) is 6.07 Å². The van der Waals surface area contributed by atoms with Crippen molar-refractivity contribution < 1.29 is 13.6 Å². The number of hydrogen-bond donors (Lipinski definition) is 2. The molecule has 2 aromatic heterocycles. The Kier molecular flexibility index (Phi) is 4.64. The van der Waals surface area contributed by atoms with E-state index in [2.05, 4.69) is 16.4 Å². The summed E-state index contributed by atoms with van der Waals surface area (Å²) in [4.78, 5) is 13.9. The molecule has 0 saturated heterocycles. The van der Waals surface area contributed by atoms with Crippen molar-refractivity contribution in [2.75, 3.05) is 19.7 Å². The van der Waals surface area contributed by atoms with E-state index in [-0.39, 0.29) is 0 Å². The van der Waals surface area contributed by atoms with Crippen LogP contribution in [0.25, 0.3) is 22.1 Å². The fourth-order valence-electron chi connectivity index (χ4n) is 2.99. The lowest BCUT2D eigenvalue weighted by molar-refractivity contribution is 0.313. The Bertz CT molecular complexity index is 1180.